The van der Waals surface area contributed by atoms with Gasteiger partial charge < -0.3 is 10.9 Å². The number of nitrogens with two attached hydrogens (primary N) is 2. The van der Waals surface area contributed by atoms with Gasteiger partial charge in [0.25, 0.3) is 0 Å². The van der Waals surface area contributed by atoms with E-state index in [1.54, 1.807) is 0 Å². The summed E-state index contributed by atoms with van der Waals surface area (Å²) in [6.45, 7) is 0. The molecule has 8 heteroatoms. The average Bonchev–Trinajstić information content (AvgIpc) is 2.04. The standard InChI is InChI=1S/C6H8N2O2S.HNO2/c7-5-1-3-6(4-2-5)11(8,9)10;2-1-3/h1-4H,7H2,(H2,8,9,10);(H,2,3). The maximum atomic E-state index is 10.7. The van der Waals surface area contributed by atoms with Gasteiger partial charge in [-0.1, -0.05) is 0 Å². The molecule has 5 N–H and O–H groups in total. The number of hydrogen-bond donors (Lipinski definition) is 3. The number of hydrogen-bond acceptors (Lipinski definition) is 5. The maximum Gasteiger partial charge on any atom is 0.238 e. The third-order valence-corrected chi connectivity index (χ3v) is 2.14. The SMILES string of the molecule is Nc1ccc(S(N)(=O)=O)cc1.O=NO. The van der Waals surface area contributed by atoms with Crippen molar-refractivity contribution in [3.8, 4) is 0 Å². The third kappa shape index (κ3) is 4.38. The molecule has 0 aliphatic heterocycles. The van der Waals surface area contributed by atoms with E-state index < -0.39 is 10.0 Å². The first kappa shape index (κ1) is 12.3. The van der Waals surface area contributed by atoms with Gasteiger partial charge in [0, 0.05) is 5.69 Å². The van der Waals surface area contributed by atoms with Gasteiger partial charge in [-0.2, -0.15) is 0 Å². The Hall–Kier alpha value is -1.67. The fourth-order valence-electron chi connectivity index (χ4n) is 0.658. The van der Waals surface area contributed by atoms with E-state index in [9.17, 15) is 8.42 Å². The zero-order valence-electron chi connectivity index (χ0n) is 6.99. The Morgan fingerprint density at radius 1 is 1.21 bits per heavy atom. The fourth-order valence-corrected chi connectivity index (χ4v) is 1.17. The van der Waals surface area contributed by atoms with Crippen LogP contribution in [0.2, 0.25) is 0 Å². The van der Waals surface area contributed by atoms with E-state index in [0.717, 1.165) is 0 Å². The monoisotopic (exact) mass is 219 g/mol. The van der Waals surface area contributed by atoms with Gasteiger partial charge in [-0.05, 0) is 24.3 Å². The van der Waals surface area contributed by atoms with E-state index in [0.29, 0.717) is 5.69 Å². The Labute approximate surface area is 80.3 Å². The van der Waals surface area contributed by atoms with Crippen molar-refractivity contribution in [3.63, 3.8) is 0 Å². The summed E-state index contributed by atoms with van der Waals surface area (Å²) in [6.07, 6.45) is 0. The Balaban J connectivity index is 0.000000500. The van der Waals surface area contributed by atoms with Gasteiger partial charge in [0.15, 0.2) is 5.34 Å². The summed E-state index contributed by atoms with van der Waals surface area (Å²) in [5.74, 6) is 0. The van der Waals surface area contributed by atoms with Gasteiger partial charge in [-0.25, -0.2) is 13.6 Å². The largest absolute Gasteiger partial charge is 0.399 e. The second kappa shape index (κ2) is 5.14. The molecular formula is C6H9N3O4S. The highest BCUT2D eigenvalue weighted by atomic mass is 32.2. The number of nitrogens with zero attached hydrogens (tertiary/aromatic N) is 1. The molecule has 0 spiro atoms. The van der Waals surface area contributed by atoms with Crippen molar-refractivity contribution in [2.75, 3.05) is 5.73 Å². The highest BCUT2D eigenvalue weighted by Crippen LogP contribution is 2.08. The molecule has 0 saturated carbocycles. The van der Waals surface area contributed by atoms with Crippen LogP contribution in [0.3, 0.4) is 0 Å². The molecule has 0 radical (unpaired) electrons. The molecule has 0 heterocycles. The molecule has 0 fully saturated rings. The molecule has 0 saturated heterocycles. The molecule has 0 atom stereocenters. The first-order chi connectivity index (χ1) is 6.41. The topological polar surface area (TPSA) is 136 Å². The molecule has 0 aliphatic carbocycles. The summed E-state index contributed by atoms with van der Waals surface area (Å²) in [5.41, 5.74) is 5.85. The second-order valence-corrected chi connectivity index (χ2v) is 3.76. The van der Waals surface area contributed by atoms with E-state index in [-0.39, 0.29) is 4.90 Å². The summed E-state index contributed by atoms with van der Waals surface area (Å²) in [5, 5.41) is 12.7. The number of benzene rings is 1. The number of sulfonamides is 1. The Bertz CT molecular complexity index is 386. The molecular weight excluding hydrogens is 210 g/mol. The van der Waals surface area contributed by atoms with Crippen LogP contribution in [0, 0.1) is 4.91 Å². The zero-order valence-corrected chi connectivity index (χ0v) is 7.81. The Kier molecular flexibility index (Phi) is 4.53. The minimum Gasteiger partial charge on any atom is -0.399 e. The fraction of sp³-hybridized carbons (Fsp3) is 0. The van der Waals surface area contributed by atoms with Crippen LogP contribution in [-0.4, -0.2) is 13.6 Å². The molecule has 0 aromatic heterocycles. The van der Waals surface area contributed by atoms with E-state index in [2.05, 4.69) is 0 Å². The summed E-state index contributed by atoms with van der Waals surface area (Å²) in [7, 11) is -3.58. The predicted octanol–water partition coefficient (Wildman–Crippen LogP) is 0.0582. The third-order valence-electron chi connectivity index (χ3n) is 1.21. The first-order valence-corrected chi connectivity index (χ1v) is 4.81. The average molecular weight is 219 g/mol. The van der Waals surface area contributed by atoms with Crippen LogP contribution in [0.4, 0.5) is 5.69 Å². The van der Waals surface area contributed by atoms with Gasteiger partial charge in [0.2, 0.25) is 10.0 Å². The second-order valence-electron chi connectivity index (χ2n) is 2.20. The molecule has 78 valence electrons. The summed E-state index contributed by atoms with van der Waals surface area (Å²) < 4.78 is 21.4. The summed E-state index contributed by atoms with van der Waals surface area (Å²) in [4.78, 5) is 8.19. The Morgan fingerprint density at radius 2 is 1.57 bits per heavy atom. The highest BCUT2D eigenvalue weighted by molar-refractivity contribution is 7.89. The molecule has 1 rings (SSSR count). The van der Waals surface area contributed by atoms with E-state index in [1.165, 1.54) is 29.6 Å². The number of anilines is 1. The van der Waals surface area contributed by atoms with Crippen molar-refractivity contribution in [3.05, 3.63) is 29.2 Å². The van der Waals surface area contributed by atoms with E-state index >= 15 is 0 Å². The predicted molar refractivity (Wildman–Crippen MR) is 49.8 cm³/mol. The van der Waals surface area contributed by atoms with Crippen molar-refractivity contribution in [2.24, 2.45) is 10.5 Å². The normalized spacial score (nSPS) is 9.79. The van der Waals surface area contributed by atoms with Crippen molar-refractivity contribution in [1.29, 1.82) is 0 Å². The van der Waals surface area contributed by atoms with Gasteiger partial charge in [0.05, 0.1) is 4.90 Å². The van der Waals surface area contributed by atoms with Gasteiger partial charge in [-0.15, -0.1) is 4.91 Å². The quantitative estimate of drug-likeness (QED) is 0.348. The van der Waals surface area contributed by atoms with Crippen molar-refractivity contribution in [1.82, 2.24) is 0 Å². The lowest BCUT2D eigenvalue weighted by atomic mass is 10.3. The molecule has 0 unspecified atom stereocenters. The highest BCUT2D eigenvalue weighted by Gasteiger charge is 2.04. The Morgan fingerprint density at radius 3 is 1.86 bits per heavy atom. The molecule has 14 heavy (non-hydrogen) atoms. The number of nitrogen functional groups attached to an aromatic ring is 1. The number of rotatable bonds is 1. The number of primary sulfonamides is 1. The lowest BCUT2D eigenvalue weighted by molar-refractivity contribution is 0.312. The van der Waals surface area contributed by atoms with Crippen LogP contribution in [0.1, 0.15) is 0 Å². The smallest absolute Gasteiger partial charge is 0.238 e. The zero-order chi connectivity index (χ0) is 11.2. The van der Waals surface area contributed by atoms with Crippen LogP contribution in [0.25, 0.3) is 0 Å². The lowest BCUT2D eigenvalue weighted by Crippen LogP contribution is -2.11. The van der Waals surface area contributed by atoms with Crippen LogP contribution in [0.15, 0.2) is 34.5 Å². The maximum absolute atomic E-state index is 10.7. The van der Waals surface area contributed by atoms with Gasteiger partial charge in [-0.3, -0.25) is 0 Å². The van der Waals surface area contributed by atoms with Crippen molar-refractivity contribution in [2.45, 2.75) is 4.90 Å². The van der Waals surface area contributed by atoms with Crippen LogP contribution in [0.5, 0.6) is 0 Å². The van der Waals surface area contributed by atoms with E-state index in [4.69, 9.17) is 21.0 Å². The van der Waals surface area contributed by atoms with Crippen LogP contribution < -0.4 is 10.9 Å². The first-order valence-electron chi connectivity index (χ1n) is 3.27. The minimum atomic E-state index is -3.58. The molecule has 1 aromatic carbocycles. The van der Waals surface area contributed by atoms with Gasteiger partial charge >= 0.3 is 0 Å². The summed E-state index contributed by atoms with van der Waals surface area (Å²) in [6, 6.07) is 5.70. The van der Waals surface area contributed by atoms with Gasteiger partial charge in [0.1, 0.15) is 0 Å². The van der Waals surface area contributed by atoms with Crippen molar-refractivity contribution >= 4 is 15.7 Å². The summed E-state index contributed by atoms with van der Waals surface area (Å²) >= 11 is 0. The van der Waals surface area contributed by atoms with Crippen LogP contribution >= 0.6 is 0 Å². The van der Waals surface area contributed by atoms with Crippen LogP contribution in [-0.2, 0) is 10.0 Å². The molecule has 7 nitrogen and oxygen atoms in total. The molecule has 0 aliphatic rings. The van der Waals surface area contributed by atoms with E-state index in [1.807, 2.05) is 0 Å². The minimum absolute atomic E-state index is 0.0756. The molecule has 0 amide bonds. The molecule has 0 bridgehead atoms. The molecule has 1 aromatic rings. The lowest BCUT2D eigenvalue weighted by Gasteiger charge is -1.96. The van der Waals surface area contributed by atoms with Crippen molar-refractivity contribution < 1.29 is 13.6 Å².